The maximum Gasteiger partial charge on any atom is 0.127 e. The molecule has 21 heavy (non-hydrogen) atoms. The molecule has 1 aliphatic rings. The Labute approximate surface area is 122 Å². The molecule has 0 aromatic heterocycles. The van der Waals surface area contributed by atoms with Crippen LogP contribution in [0.3, 0.4) is 0 Å². The van der Waals surface area contributed by atoms with E-state index in [0.29, 0.717) is 17.9 Å². The number of anilines is 1. The van der Waals surface area contributed by atoms with Gasteiger partial charge in [-0.15, -0.1) is 0 Å². The van der Waals surface area contributed by atoms with Crippen LogP contribution in [-0.4, -0.2) is 6.61 Å². The van der Waals surface area contributed by atoms with Gasteiger partial charge in [0.15, 0.2) is 0 Å². The number of benzene rings is 2. The van der Waals surface area contributed by atoms with E-state index in [1.54, 1.807) is 6.07 Å². The smallest absolute Gasteiger partial charge is 0.127 e. The lowest BCUT2D eigenvalue weighted by Gasteiger charge is -2.25. The molecule has 0 aliphatic carbocycles. The number of halogens is 1. The van der Waals surface area contributed by atoms with E-state index in [9.17, 15) is 4.39 Å². The molecule has 2 aromatic rings. The Bertz CT molecular complexity index is 660. The molecule has 5 heteroatoms. The van der Waals surface area contributed by atoms with Gasteiger partial charge in [-0.05, 0) is 36.6 Å². The van der Waals surface area contributed by atoms with Gasteiger partial charge in [-0.2, -0.15) is 0 Å². The molecule has 0 bridgehead atoms. The molecule has 0 radical (unpaired) electrons. The van der Waals surface area contributed by atoms with Crippen molar-refractivity contribution in [1.29, 1.82) is 0 Å². The molecular formula is C16H18FN3O. The zero-order chi connectivity index (χ0) is 14.8. The number of hydrogen-bond donors (Lipinski definition) is 3. The van der Waals surface area contributed by atoms with Gasteiger partial charge < -0.3 is 10.5 Å². The molecule has 0 spiro atoms. The molecule has 1 heterocycles. The predicted molar refractivity (Wildman–Crippen MR) is 80.2 cm³/mol. The molecule has 0 fully saturated rings. The van der Waals surface area contributed by atoms with Gasteiger partial charge in [0.05, 0.1) is 12.6 Å². The molecule has 1 atom stereocenters. The van der Waals surface area contributed by atoms with Crippen molar-refractivity contribution >= 4 is 5.69 Å². The van der Waals surface area contributed by atoms with Crippen molar-refractivity contribution in [3.05, 3.63) is 58.9 Å². The summed E-state index contributed by atoms with van der Waals surface area (Å²) < 4.78 is 19.3. The zero-order valence-corrected chi connectivity index (χ0v) is 11.6. The molecule has 110 valence electrons. The highest BCUT2D eigenvalue weighted by molar-refractivity contribution is 5.55. The number of nitrogen functional groups attached to an aromatic ring is 1. The SMILES string of the molecule is NNC(c1cc(F)ccc1N)c1cccc2c1OCCC2. The summed E-state index contributed by atoms with van der Waals surface area (Å²) in [6.45, 7) is 0.680. The Kier molecular flexibility index (Phi) is 3.77. The third-order valence-electron chi connectivity index (χ3n) is 3.80. The van der Waals surface area contributed by atoms with Gasteiger partial charge >= 0.3 is 0 Å². The van der Waals surface area contributed by atoms with E-state index in [4.69, 9.17) is 16.3 Å². The Morgan fingerprint density at radius 2 is 2.05 bits per heavy atom. The maximum absolute atomic E-state index is 13.5. The highest BCUT2D eigenvalue weighted by atomic mass is 19.1. The third-order valence-corrected chi connectivity index (χ3v) is 3.80. The van der Waals surface area contributed by atoms with Crippen molar-refractivity contribution < 1.29 is 9.13 Å². The van der Waals surface area contributed by atoms with Crippen molar-refractivity contribution in [2.45, 2.75) is 18.9 Å². The lowest BCUT2D eigenvalue weighted by atomic mass is 9.93. The molecule has 3 rings (SSSR count). The van der Waals surface area contributed by atoms with Crippen LogP contribution in [-0.2, 0) is 6.42 Å². The van der Waals surface area contributed by atoms with Gasteiger partial charge in [0.1, 0.15) is 11.6 Å². The largest absolute Gasteiger partial charge is 0.493 e. The number of nitrogens with one attached hydrogen (secondary N) is 1. The van der Waals surface area contributed by atoms with Crippen molar-refractivity contribution in [3.8, 4) is 5.75 Å². The first-order chi connectivity index (χ1) is 10.2. The van der Waals surface area contributed by atoms with Gasteiger partial charge in [-0.3, -0.25) is 5.84 Å². The standard InChI is InChI=1S/C16H18FN3O/c17-11-6-7-14(18)13(9-11)15(20-19)12-5-1-3-10-4-2-8-21-16(10)12/h1,3,5-7,9,15,20H,2,4,8,18-19H2. The summed E-state index contributed by atoms with van der Waals surface area (Å²) in [5, 5.41) is 0. The van der Waals surface area contributed by atoms with E-state index < -0.39 is 6.04 Å². The van der Waals surface area contributed by atoms with E-state index in [0.717, 1.165) is 29.7 Å². The number of hydrazine groups is 1. The summed E-state index contributed by atoms with van der Waals surface area (Å²) >= 11 is 0. The van der Waals surface area contributed by atoms with Gasteiger partial charge in [0, 0.05) is 16.8 Å². The quantitative estimate of drug-likeness (QED) is 0.460. The maximum atomic E-state index is 13.5. The molecule has 4 nitrogen and oxygen atoms in total. The highest BCUT2D eigenvalue weighted by Gasteiger charge is 2.23. The highest BCUT2D eigenvalue weighted by Crippen LogP contribution is 2.37. The van der Waals surface area contributed by atoms with Gasteiger partial charge in [0.25, 0.3) is 0 Å². The fourth-order valence-corrected chi connectivity index (χ4v) is 2.78. The van der Waals surface area contributed by atoms with Crippen LogP contribution in [0, 0.1) is 5.82 Å². The molecule has 1 aliphatic heterocycles. The number of aryl methyl sites for hydroxylation is 1. The lowest BCUT2D eigenvalue weighted by molar-refractivity contribution is 0.283. The number of rotatable bonds is 3. The minimum atomic E-state index is -0.409. The Hall–Kier alpha value is -2.11. The lowest BCUT2D eigenvalue weighted by Crippen LogP contribution is -2.30. The van der Waals surface area contributed by atoms with Crippen molar-refractivity contribution in [2.24, 2.45) is 5.84 Å². The first-order valence-electron chi connectivity index (χ1n) is 6.96. The monoisotopic (exact) mass is 287 g/mol. The third kappa shape index (κ3) is 2.57. The summed E-state index contributed by atoms with van der Waals surface area (Å²) in [6.07, 6.45) is 1.97. The first-order valence-corrected chi connectivity index (χ1v) is 6.96. The topological polar surface area (TPSA) is 73.3 Å². The van der Waals surface area contributed by atoms with Crippen LogP contribution in [0.25, 0.3) is 0 Å². The van der Waals surface area contributed by atoms with Gasteiger partial charge in [-0.25, -0.2) is 9.82 Å². The molecule has 0 saturated heterocycles. The van der Waals surface area contributed by atoms with Crippen LogP contribution in [0.5, 0.6) is 5.75 Å². The van der Waals surface area contributed by atoms with Crippen LogP contribution in [0.15, 0.2) is 36.4 Å². The molecule has 0 amide bonds. The normalized spacial score (nSPS) is 15.1. The van der Waals surface area contributed by atoms with Crippen LogP contribution < -0.4 is 21.7 Å². The van der Waals surface area contributed by atoms with Crippen molar-refractivity contribution in [2.75, 3.05) is 12.3 Å². The summed E-state index contributed by atoms with van der Waals surface area (Å²) in [4.78, 5) is 0. The van der Waals surface area contributed by atoms with Crippen LogP contribution in [0.4, 0.5) is 10.1 Å². The number of fused-ring (bicyclic) bond motifs is 1. The van der Waals surface area contributed by atoms with E-state index >= 15 is 0 Å². The van der Waals surface area contributed by atoms with Gasteiger partial charge in [0.2, 0.25) is 0 Å². The number of nitrogens with two attached hydrogens (primary N) is 2. The molecular weight excluding hydrogens is 269 g/mol. The van der Waals surface area contributed by atoms with Gasteiger partial charge in [-0.1, -0.05) is 18.2 Å². The molecule has 0 saturated carbocycles. The average Bonchev–Trinajstić information content (AvgIpc) is 2.51. The second-order valence-corrected chi connectivity index (χ2v) is 5.16. The summed E-state index contributed by atoms with van der Waals surface area (Å²) in [6, 6.07) is 9.81. The number of hydrogen-bond acceptors (Lipinski definition) is 4. The summed E-state index contributed by atoms with van der Waals surface area (Å²) in [7, 11) is 0. The molecule has 5 N–H and O–H groups in total. The predicted octanol–water partition coefficient (Wildman–Crippen LogP) is 2.29. The van der Waals surface area contributed by atoms with E-state index in [2.05, 4.69) is 5.43 Å². The fourth-order valence-electron chi connectivity index (χ4n) is 2.78. The van der Waals surface area contributed by atoms with E-state index in [1.165, 1.54) is 12.1 Å². The van der Waals surface area contributed by atoms with E-state index in [1.807, 2.05) is 18.2 Å². The summed E-state index contributed by atoms with van der Waals surface area (Å²) in [5.74, 6) is 6.19. The fraction of sp³-hybridized carbons (Fsp3) is 0.250. The number of para-hydroxylation sites is 1. The van der Waals surface area contributed by atoms with E-state index in [-0.39, 0.29) is 5.82 Å². The average molecular weight is 287 g/mol. The van der Waals surface area contributed by atoms with Crippen molar-refractivity contribution in [3.63, 3.8) is 0 Å². The first kappa shape index (κ1) is 13.9. The minimum Gasteiger partial charge on any atom is -0.493 e. The van der Waals surface area contributed by atoms with Crippen LogP contribution in [0.2, 0.25) is 0 Å². The Balaban J connectivity index is 2.10. The van der Waals surface area contributed by atoms with Crippen molar-refractivity contribution in [1.82, 2.24) is 5.43 Å². The Morgan fingerprint density at radius 1 is 1.19 bits per heavy atom. The second kappa shape index (κ2) is 5.71. The molecule has 1 unspecified atom stereocenters. The Morgan fingerprint density at radius 3 is 2.86 bits per heavy atom. The molecule has 2 aromatic carbocycles. The minimum absolute atomic E-state index is 0.342. The van der Waals surface area contributed by atoms with Crippen LogP contribution in [0.1, 0.15) is 29.2 Å². The summed E-state index contributed by atoms with van der Waals surface area (Å²) in [5.41, 5.74) is 11.8. The van der Waals surface area contributed by atoms with Crippen LogP contribution >= 0.6 is 0 Å². The second-order valence-electron chi connectivity index (χ2n) is 5.16. The zero-order valence-electron chi connectivity index (χ0n) is 11.6. The number of ether oxygens (including phenoxy) is 1.